The maximum Gasteiger partial charge on any atom is 0.106 e. The van der Waals surface area contributed by atoms with Gasteiger partial charge in [0.25, 0.3) is 0 Å². The van der Waals surface area contributed by atoms with Crippen molar-refractivity contribution in [2.75, 3.05) is 5.73 Å². The molecule has 0 aliphatic heterocycles. The first-order valence-electron chi connectivity index (χ1n) is 3.95. The summed E-state index contributed by atoms with van der Waals surface area (Å²) in [5.41, 5.74) is 8.74. The number of halogens is 1. The van der Waals surface area contributed by atoms with Gasteiger partial charge in [0.2, 0.25) is 0 Å². The van der Waals surface area contributed by atoms with Crippen molar-refractivity contribution in [1.29, 1.82) is 0 Å². The topological polar surface area (TPSA) is 38.9 Å². The van der Waals surface area contributed by atoms with Gasteiger partial charge in [0.15, 0.2) is 0 Å². The molecular formula is C9H13BrN2. The second kappa shape index (κ2) is 3.44. The SMILES string of the molecule is Cc1cc(Br)nc(C(C)C)c1N. The fraction of sp³-hybridized carbons (Fsp3) is 0.444. The number of nitrogen functional groups attached to an aromatic ring is 1. The third-order valence-electron chi connectivity index (χ3n) is 1.81. The van der Waals surface area contributed by atoms with Crippen LogP contribution in [0.2, 0.25) is 0 Å². The van der Waals surface area contributed by atoms with E-state index in [0.29, 0.717) is 5.92 Å². The molecule has 1 aromatic rings. The van der Waals surface area contributed by atoms with Crippen molar-refractivity contribution < 1.29 is 0 Å². The van der Waals surface area contributed by atoms with Gasteiger partial charge in [-0.2, -0.15) is 0 Å². The van der Waals surface area contributed by atoms with E-state index in [1.165, 1.54) is 0 Å². The minimum absolute atomic E-state index is 0.376. The molecule has 1 heterocycles. The van der Waals surface area contributed by atoms with Crippen LogP contribution in [0.5, 0.6) is 0 Å². The van der Waals surface area contributed by atoms with Gasteiger partial charge in [-0.25, -0.2) is 4.98 Å². The fourth-order valence-electron chi connectivity index (χ4n) is 1.11. The molecule has 0 saturated heterocycles. The maximum atomic E-state index is 5.87. The van der Waals surface area contributed by atoms with Crippen molar-refractivity contribution >= 4 is 21.6 Å². The fourth-order valence-corrected chi connectivity index (χ4v) is 1.64. The van der Waals surface area contributed by atoms with Crippen molar-refractivity contribution in [2.24, 2.45) is 0 Å². The van der Waals surface area contributed by atoms with E-state index in [4.69, 9.17) is 5.73 Å². The van der Waals surface area contributed by atoms with Gasteiger partial charge in [-0.05, 0) is 40.4 Å². The molecule has 0 unspecified atom stereocenters. The largest absolute Gasteiger partial charge is 0.397 e. The summed E-state index contributed by atoms with van der Waals surface area (Å²) in [5.74, 6) is 0.376. The lowest BCUT2D eigenvalue weighted by molar-refractivity contribution is 0.820. The molecule has 1 rings (SSSR count). The number of anilines is 1. The van der Waals surface area contributed by atoms with Gasteiger partial charge in [-0.1, -0.05) is 13.8 Å². The zero-order valence-electron chi connectivity index (χ0n) is 7.56. The number of nitrogens with two attached hydrogens (primary N) is 1. The quantitative estimate of drug-likeness (QED) is 0.752. The lowest BCUT2D eigenvalue weighted by atomic mass is 10.1. The number of pyridine rings is 1. The first-order valence-corrected chi connectivity index (χ1v) is 4.74. The van der Waals surface area contributed by atoms with Gasteiger partial charge in [-0.15, -0.1) is 0 Å². The Morgan fingerprint density at radius 2 is 2.08 bits per heavy atom. The van der Waals surface area contributed by atoms with Crippen LogP contribution in [-0.2, 0) is 0 Å². The third kappa shape index (κ3) is 1.78. The first kappa shape index (κ1) is 9.52. The highest BCUT2D eigenvalue weighted by atomic mass is 79.9. The Morgan fingerprint density at radius 3 is 2.58 bits per heavy atom. The second-order valence-electron chi connectivity index (χ2n) is 3.22. The summed E-state index contributed by atoms with van der Waals surface area (Å²) in [5, 5.41) is 0. The standard InChI is InChI=1S/C9H13BrN2/c1-5(2)9-8(11)6(3)4-7(10)12-9/h4-5H,11H2,1-3H3. The maximum absolute atomic E-state index is 5.87. The Kier molecular flexibility index (Phi) is 2.73. The van der Waals surface area contributed by atoms with Gasteiger partial charge in [0.1, 0.15) is 4.60 Å². The smallest absolute Gasteiger partial charge is 0.106 e. The van der Waals surface area contributed by atoms with E-state index in [1.807, 2.05) is 13.0 Å². The number of rotatable bonds is 1. The van der Waals surface area contributed by atoms with Gasteiger partial charge < -0.3 is 5.73 Å². The van der Waals surface area contributed by atoms with Gasteiger partial charge in [0, 0.05) is 0 Å². The van der Waals surface area contributed by atoms with Crippen molar-refractivity contribution in [1.82, 2.24) is 4.98 Å². The molecule has 3 heteroatoms. The lowest BCUT2D eigenvalue weighted by Crippen LogP contribution is -2.02. The normalized spacial score (nSPS) is 10.8. The number of aromatic nitrogens is 1. The van der Waals surface area contributed by atoms with Gasteiger partial charge in [-0.3, -0.25) is 0 Å². The molecule has 0 aromatic carbocycles. The van der Waals surface area contributed by atoms with E-state index in [1.54, 1.807) is 0 Å². The van der Waals surface area contributed by atoms with Crippen molar-refractivity contribution in [2.45, 2.75) is 26.7 Å². The minimum Gasteiger partial charge on any atom is -0.397 e. The summed E-state index contributed by atoms with van der Waals surface area (Å²) in [7, 11) is 0. The molecule has 0 aliphatic carbocycles. The van der Waals surface area contributed by atoms with Gasteiger partial charge >= 0.3 is 0 Å². The molecule has 2 N–H and O–H groups in total. The van der Waals surface area contributed by atoms with Crippen molar-refractivity contribution in [3.63, 3.8) is 0 Å². The highest BCUT2D eigenvalue weighted by Crippen LogP contribution is 2.25. The average molecular weight is 229 g/mol. The van der Waals surface area contributed by atoms with Crippen LogP contribution in [0.3, 0.4) is 0 Å². The molecule has 12 heavy (non-hydrogen) atoms. The van der Waals surface area contributed by atoms with Gasteiger partial charge in [0.05, 0.1) is 11.4 Å². The van der Waals surface area contributed by atoms with Crippen molar-refractivity contribution in [3.8, 4) is 0 Å². The molecule has 0 amide bonds. The van der Waals surface area contributed by atoms with Crippen LogP contribution in [0.4, 0.5) is 5.69 Å². The number of aryl methyl sites for hydroxylation is 1. The molecule has 2 nitrogen and oxygen atoms in total. The molecule has 0 fully saturated rings. The summed E-state index contributed by atoms with van der Waals surface area (Å²) >= 11 is 3.35. The highest BCUT2D eigenvalue weighted by Gasteiger charge is 2.08. The summed E-state index contributed by atoms with van der Waals surface area (Å²) in [6, 6.07) is 1.93. The Bertz CT molecular complexity index is 295. The average Bonchev–Trinajstić information content (AvgIpc) is 1.96. The van der Waals surface area contributed by atoms with E-state index in [-0.39, 0.29) is 0 Å². The molecule has 0 spiro atoms. The molecule has 0 bridgehead atoms. The van der Waals surface area contributed by atoms with E-state index in [2.05, 4.69) is 34.8 Å². The van der Waals surface area contributed by atoms with E-state index in [9.17, 15) is 0 Å². The zero-order valence-corrected chi connectivity index (χ0v) is 9.14. The van der Waals surface area contributed by atoms with Crippen LogP contribution in [-0.4, -0.2) is 4.98 Å². The molecule has 0 atom stereocenters. The lowest BCUT2D eigenvalue weighted by Gasteiger charge is -2.10. The summed E-state index contributed by atoms with van der Waals surface area (Å²) in [6.07, 6.45) is 0. The Labute approximate surface area is 81.3 Å². The molecule has 66 valence electrons. The molecule has 0 saturated carbocycles. The predicted octanol–water partition coefficient (Wildman–Crippen LogP) is 2.86. The monoisotopic (exact) mass is 228 g/mol. The van der Waals surface area contributed by atoms with Crippen LogP contribution in [0, 0.1) is 6.92 Å². The minimum atomic E-state index is 0.376. The molecule has 0 aliphatic rings. The Hall–Kier alpha value is -0.570. The van der Waals surface area contributed by atoms with Crippen molar-refractivity contribution in [3.05, 3.63) is 21.9 Å². The van der Waals surface area contributed by atoms with E-state index < -0.39 is 0 Å². The van der Waals surface area contributed by atoms with Crippen LogP contribution in [0.1, 0.15) is 31.0 Å². The van der Waals surface area contributed by atoms with E-state index >= 15 is 0 Å². The highest BCUT2D eigenvalue weighted by molar-refractivity contribution is 9.10. The Balaban J connectivity index is 3.28. The second-order valence-corrected chi connectivity index (χ2v) is 4.03. The van der Waals surface area contributed by atoms with Crippen LogP contribution >= 0.6 is 15.9 Å². The van der Waals surface area contributed by atoms with Crippen LogP contribution in [0.25, 0.3) is 0 Å². The molecular weight excluding hydrogens is 216 g/mol. The summed E-state index contributed by atoms with van der Waals surface area (Å²) < 4.78 is 0.859. The first-order chi connectivity index (χ1) is 5.52. The number of hydrogen-bond acceptors (Lipinski definition) is 2. The van der Waals surface area contributed by atoms with Crippen LogP contribution < -0.4 is 5.73 Å². The summed E-state index contributed by atoms with van der Waals surface area (Å²) in [6.45, 7) is 6.17. The molecule has 0 radical (unpaired) electrons. The predicted molar refractivity (Wildman–Crippen MR) is 55.2 cm³/mol. The van der Waals surface area contributed by atoms with E-state index in [0.717, 1.165) is 21.5 Å². The third-order valence-corrected chi connectivity index (χ3v) is 2.22. The van der Waals surface area contributed by atoms with Crippen LogP contribution in [0.15, 0.2) is 10.7 Å². The molecule has 1 aromatic heterocycles. The number of nitrogens with zero attached hydrogens (tertiary/aromatic N) is 1. The zero-order chi connectivity index (χ0) is 9.30. The Morgan fingerprint density at radius 1 is 1.50 bits per heavy atom. The summed E-state index contributed by atoms with van der Waals surface area (Å²) in [4.78, 5) is 4.32. The number of hydrogen-bond donors (Lipinski definition) is 1.